The second kappa shape index (κ2) is 11.6. The van der Waals surface area contributed by atoms with Crippen LogP contribution in [0.2, 0.25) is 0 Å². The summed E-state index contributed by atoms with van der Waals surface area (Å²) in [6.07, 6.45) is 0.105. The van der Waals surface area contributed by atoms with Gasteiger partial charge in [0.2, 0.25) is 17.7 Å². The lowest BCUT2D eigenvalue weighted by atomic mass is 10.1. The second-order valence-corrected chi connectivity index (χ2v) is 6.92. The summed E-state index contributed by atoms with van der Waals surface area (Å²) in [4.78, 5) is 60.4. The molecule has 0 aliphatic carbocycles. The number of aliphatic hydroxyl groups is 1. The first kappa shape index (κ1) is 24.7. The number of amides is 3. The summed E-state index contributed by atoms with van der Waals surface area (Å²) in [6, 6.07) is -4.74. The van der Waals surface area contributed by atoms with Crippen molar-refractivity contribution in [3.63, 3.8) is 0 Å². The van der Waals surface area contributed by atoms with Gasteiger partial charge >= 0.3 is 11.9 Å². The van der Waals surface area contributed by atoms with Crippen LogP contribution in [0.5, 0.6) is 0 Å². The first-order chi connectivity index (χ1) is 13.6. The fourth-order valence-electron chi connectivity index (χ4n) is 2.86. The van der Waals surface area contributed by atoms with Gasteiger partial charge in [-0.2, -0.15) is 12.6 Å². The number of rotatable bonds is 11. The maximum absolute atomic E-state index is 12.7. The smallest absolute Gasteiger partial charge is 0.328 e. The Hall–Kier alpha value is -2.38. The van der Waals surface area contributed by atoms with Crippen molar-refractivity contribution in [3.05, 3.63) is 0 Å². The largest absolute Gasteiger partial charge is 0.481 e. The zero-order valence-corrected chi connectivity index (χ0v) is 16.5. The second-order valence-electron chi connectivity index (χ2n) is 6.55. The number of aliphatic hydroxyl groups excluding tert-OH is 1. The molecular formula is C16H26N4O8S. The van der Waals surface area contributed by atoms with Gasteiger partial charge in [0.1, 0.15) is 18.1 Å². The summed E-state index contributed by atoms with van der Waals surface area (Å²) in [6.45, 7) is -0.580. The Bertz CT molecular complexity index is 646. The highest BCUT2D eigenvalue weighted by atomic mass is 32.1. The van der Waals surface area contributed by atoms with Gasteiger partial charge in [-0.1, -0.05) is 0 Å². The zero-order chi connectivity index (χ0) is 22.1. The third-order valence-corrected chi connectivity index (χ3v) is 4.82. The lowest BCUT2D eigenvalue weighted by Crippen LogP contribution is -2.57. The van der Waals surface area contributed by atoms with E-state index >= 15 is 0 Å². The highest BCUT2D eigenvalue weighted by molar-refractivity contribution is 7.80. The van der Waals surface area contributed by atoms with Gasteiger partial charge in [0, 0.05) is 18.7 Å². The molecule has 1 fully saturated rings. The predicted octanol–water partition coefficient (Wildman–Crippen LogP) is -2.85. The molecule has 1 heterocycles. The molecule has 13 heteroatoms. The molecule has 164 valence electrons. The number of hydrogen-bond acceptors (Lipinski definition) is 8. The number of hydrogen-bond donors (Lipinski definition) is 7. The monoisotopic (exact) mass is 434 g/mol. The molecular weight excluding hydrogens is 408 g/mol. The Labute approximate surface area is 172 Å². The number of likely N-dealkylation sites (tertiary alicyclic amines) is 1. The highest BCUT2D eigenvalue weighted by Gasteiger charge is 2.37. The van der Waals surface area contributed by atoms with Crippen LogP contribution in [-0.2, 0) is 24.0 Å². The van der Waals surface area contributed by atoms with Crippen molar-refractivity contribution >= 4 is 42.3 Å². The fraction of sp³-hybridized carbons (Fsp3) is 0.688. The summed E-state index contributed by atoms with van der Waals surface area (Å²) in [5.41, 5.74) is 5.68. The molecule has 0 aromatic rings. The van der Waals surface area contributed by atoms with E-state index in [1.807, 2.05) is 5.32 Å². The fourth-order valence-corrected chi connectivity index (χ4v) is 3.01. The van der Waals surface area contributed by atoms with Crippen molar-refractivity contribution in [2.24, 2.45) is 5.73 Å². The topological polar surface area (TPSA) is 199 Å². The summed E-state index contributed by atoms with van der Waals surface area (Å²) >= 11 is 3.97. The summed E-state index contributed by atoms with van der Waals surface area (Å²) in [7, 11) is 0. The van der Waals surface area contributed by atoms with E-state index in [2.05, 4.69) is 17.9 Å². The molecule has 1 saturated heterocycles. The predicted molar refractivity (Wildman–Crippen MR) is 102 cm³/mol. The lowest BCUT2D eigenvalue weighted by molar-refractivity contribution is -0.144. The number of nitrogens with two attached hydrogens (primary N) is 1. The highest BCUT2D eigenvalue weighted by Crippen LogP contribution is 2.19. The first-order valence-corrected chi connectivity index (χ1v) is 9.58. The maximum atomic E-state index is 12.7. The van der Waals surface area contributed by atoms with E-state index in [4.69, 9.17) is 21.1 Å². The van der Waals surface area contributed by atoms with Crippen LogP contribution in [0.4, 0.5) is 0 Å². The Morgan fingerprint density at radius 2 is 1.79 bits per heavy atom. The summed E-state index contributed by atoms with van der Waals surface area (Å²) in [5.74, 6) is -4.71. The number of carbonyl (C=O) groups excluding carboxylic acids is 3. The number of carbonyl (C=O) groups is 5. The van der Waals surface area contributed by atoms with Crippen LogP contribution in [0.1, 0.15) is 25.7 Å². The van der Waals surface area contributed by atoms with Gasteiger partial charge in [0.25, 0.3) is 0 Å². The van der Waals surface area contributed by atoms with E-state index in [9.17, 15) is 24.0 Å². The molecule has 0 aromatic carbocycles. The summed E-state index contributed by atoms with van der Waals surface area (Å²) < 4.78 is 0. The molecule has 0 radical (unpaired) electrons. The standard InChI is InChI=1S/C16H26N4O8S/c17-8(7-29)15(26)20-5-1-2-11(20)14(25)18-9(3-4-12(22)23)13(24)19-10(6-21)16(27)28/h8-11,21,29H,1-7,17H2,(H,18,25)(H,19,24)(H,22,23)(H,27,28). The van der Waals surface area contributed by atoms with Gasteiger partial charge in [-0.25, -0.2) is 4.79 Å². The molecule has 0 aromatic heterocycles. The van der Waals surface area contributed by atoms with Crippen LogP contribution >= 0.6 is 12.6 Å². The van der Waals surface area contributed by atoms with E-state index in [-0.39, 0.29) is 12.2 Å². The van der Waals surface area contributed by atoms with Crippen LogP contribution < -0.4 is 16.4 Å². The lowest BCUT2D eigenvalue weighted by Gasteiger charge is -2.28. The Morgan fingerprint density at radius 3 is 2.31 bits per heavy atom. The van der Waals surface area contributed by atoms with Gasteiger partial charge in [0.05, 0.1) is 12.6 Å². The van der Waals surface area contributed by atoms with Crippen molar-refractivity contribution in [1.29, 1.82) is 0 Å². The molecule has 3 amide bonds. The van der Waals surface area contributed by atoms with E-state index < -0.39 is 66.9 Å². The van der Waals surface area contributed by atoms with Crippen LogP contribution in [0.25, 0.3) is 0 Å². The van der Waals surface area contributed by atoms with Gasteiger partial charge < -0.3 is 36.6 Å². The minimum atomic E-state index is -1.61. The van der Waals surface area contributed by atoms with Gasteiger partial charge in [0.15, 0.2) is 0 Å². The number of carboxylic acids is 2. The maximum Gasteiger partial charge on any atom is 0.328 e. The molecule has 1 aliphatic heterocycles. The average Bonchev–Trinajstić information content (AvgIpc) is 3.17. The molecule has 0 saturated carbocycles. The molecule has 7 N–H and O–H groups in total. The van der Waals surface area contributed by atoms with E-state index in [1.54, 1.807) is 0 Å². The SMILES string of the molecule is NC(CS)C(=O)N1CCCC1C(=O)NC(CCC(=O)O)C(=O)NC(CO)C(=O)O. The van der Waals surface area contributed by atoms with Crippen LogP contribution in [0.3, 0.4) is 0 Å². The van der Waals surface area contributed by atoms with Crippen LogP contribution in [0.15, 0.2) is 0 Å². The normalized spacial score (nSPS) is 19.1. The summed E-state index contributed by atoms with van der Waals surface area (Å²) in [5, 5.41) is 31.2. The molecule has 1 aliphatic rings. The molecule has 4 unspecified atom stereocenters. The molecule has 12 nitrogen and oxygen atoms in total. The van der Waals surface area contributed by atoms with Crippen molar-refractivity contribution in [3.8, 4) is 0 Å². The molecule has 1 rings (SSSR count). The van der Waals surface area contributed by atoms with Crippen molar-refractivity contribution in [2.45, 2.75) is 49.9 Å². The number of carboxylic acid groups (broad SMARTS) is 2. The first-order valence-electron chi connectivity index (χ1n) is 8.95. The van der Waals surface area contributed by atoms with Crippen molar-refractivity contribution < 1.29 is 39.3 Å². The Kier molecular flexibility index (Phi) is 9.85. The molecule has 4 atom stereocenters. The van der Waals surface area contributed by atoms with Crippen molar-refractivity contribution in [1.82, 2.24) is 15.5 Å². The average molecular weight is 434 g/mol. The van der Waals surface area contributed by atoms with Crippen molar-refractivity contribution in [2.75, 3.05) is 18.9 Å². The Morgan fingerprint density at radius 1 is 1.14 bits per heavy atom. The number of nitrogens with one attached hydrogen (secondary N) is 2. The minimum Gasteiger partial charge on any atom is -0.481 e. The third-order valence-electron chi connectivity index (χ3n) is 4.43. The van der Waals surface area contributed by atoms with Gasteiger partial charge in [-0.15, -0.1) is 0 Å². The van der Waals surface area contributed by atoms with Crippen LogP contribution in [-0.4, -0.2) is 93.0 Å². The molecule has 29 heavy (non-hydrogen) atoms. The van der Waals surface area contributed by atoms with Crippen LogP contribution in [0, 0.1) is 0 Å². The zero-order valence-electron chi connectivity index (χ0n) is 15.6. The number of nitrogens with zero attached hydrogens (tertiary/aromatic N) is 1. The van der Waals surface area contributed by atoms with E-state index in [0.29, 0.717) is 19.4 Å². The van der Waals surface area contributed by atoms with Gasteiger partial charge in [-0.05, 0) is 19.3 Å². The number of aliphatic carboxylic acids is 2. The molecule has 0 bridgehead atoms. The van der Waals surface area contributed by atoms with E-state index in [0.717, 1.165) is 0 Å². The van der Waals surface area contributed by atoms with Gasteiger partial charge in [-0.3, -0.25) is 19.2 Å². The third kappa shape index (κ3) is 7.18. The minimum absolute atomic E-state index is 0.0883. The molecule has 0 spiro atoms. The Balaban J connectivity index is 2.89. The van der Waals surface area contributed by atoms with E-state index in [1.165, 1.54) is 4.90 Å². The quantitative estimate of drug-likeness (QED) is 0.167. The number of thiol groups is 1.